The van der Waals surface area contributed by atoms with Crippen molar-refractivity contribution in [2.24, 2.45) is 0 Å². The summed E-state index contributed by atoms with van der Waals surface area (Å²) >= 11 is 1.45. The summed E-state index contributed by atoms with van der Waals surface area (Å²) in [6.07, 6.45) is 5.49. The van der Waals surface area contributed by atoms with E-state index in [-0.39, 0.29) is 11.2 Å². The number of hydrogen-bond acceptors (Lipinski definition) is 5. The van der Waals surface area contributed by atoms with E-state index in [1.54, 1.807) is 12.4 Å². The van der Waals surface area contributed by atoms with Crippen LogP contribution in [0.5, 0.6) is 0 Å². The van der Waals surface area contributed by atoms with Gasteiger partial charge in [-0.3, -0.25) is 14.3 Å². The molecule has 0 N–H and O–H groups in total. The van der Waals surface area contributed by atoms with Crippen molar-refractivity contribution in [1.29, 1.82) is 0 Å². The molecule has 6 nitrogen and oxygen atoms in total. The number of thioether (sulfide) groups is 1. The van der Waals surface area contributed by atoms with Crippen molar-refractivity contribution in [2.75, 3.05) is 11.4 Å². The first-order valence-corrected chi connectivity index (χ1v) is 12.0. The van der Waals surface area contributed by atoms with Gasteiger partial charge in [0.15, 0.2) is 11.0 Å². The lowest BCUT2D eigenvalue weighted by molar-refractivity contribution is -0.117. The third-order valence-electron chi connectivity index (χ3n) is 5.93. The number of carbonyl (C=O) groups is 1. The van der Waals surface area contributed by atoms with E-state index in [1.807, 2.05) is 58.9 Å². The highest BCUT2D eigenvalue weighted by atomic mass is 32.2. The number of amides is 1. The van der Waals surface area contributed by atoms with Gasteiger partial charge < -0.3 is 4.90 Å². The standard InChI is InChI=1S/C26H25N5OS/c1-18-8-3-5-11-22(18)31-24(21-13-15-27-16-14-21)28-29-26(31)33-19(2)25(32)30-17-7-10-20-9-4-6-12-23(20)30/h3-6,8-9,11-16,19H,7,10,17H2,1-2H3. The maximum Gasteiger partial charge on any atom is 0.240 e. The van der Waals surface area contributed by atoms with Crippen LogP contribution in [0.4, 0.5) is 5.69 Å². The molecule has 0 radical (unpaired) electrons. The van der Waals surface area contributed by atoms with E-state index in [0.29, 0.717) is 5.16 Å². The summed E-state index contributed by atoms with van der Waals surface area (Å²) in [5.41, 5.74) is 5.30. The first kappa shape index (κ1) is 21.4. The van der Waals surface area contributed by atoms with Gasteiger partial charge in [0, 0.05) is 30.2 Å². The molecule has 1 aliphatic rings. The summed E-state index contributed by atoms with van der Waals surface area (Å²) in [6.45, 7) is 4.76. The van der Waals surface area contributed by atoms with Crippen molar-refractivity contribution in [3.8, 4) is 17.1 Å². The van der Waals surface area contributed by atoms with Gasteiger partial charge in [0.05, 0.1) is 10.9 Å². The highest BCUT2D eigenvalue weighted by Gasteiger charge is 2.29. The van der Waals surface area contributed by atoms with Crippen molar-refractivity contribution >= 4 is 23.4 Å². The molecule has 1 amide bonds. The Bertz CT molecular complexity index is 1290. The Hall–Kier alpha value is -3.45. The van der Waals surface area contributed by atoms with Gasteiger partial charge in [-0.2, -0.15) is 0 Å². The minimum atomic E-state index is -0.312. The summed E-state index contributed by atoms with van der Waals surface area (Å²) in [6, 6.07) is 20.2. The molecule has 5 rings (SSSR count). The van der Waals surface area contributed by atoms with Crippen LogP contribution in [0.25, 0.3) is 17.1 Å². The number of aryl methyl sites for hydroxylation is 2. The second-order valence-corrected chi connectivity index (χ2v) is 9.45. The molecule has 0 bridgehead atoms. The third-order valence-corrected chi connectivity index (χ3v) is 6.96. The topological polar surface area (TPSA) is 63.9 Å². The van der Waals surface area contributed by atoms with Crippen molar-refractivity contribution < 1.29 is 4.79 Å². The van der Waals surface area contributed by atoms with Gasteiger partial charge in [-0.25, -0.2) is 0 Å². The van der Waals surface area contributed by atoms with Crippen LogP contribution in [0.1, 0.15) is 24.5 Å². The lowest BCUT2D eigenvalue weighted by Gasteiger charge is -2.31. The van der Waals surface area contributed by atoms with E-state index in [1.165, 1.54) is 17.3 Å². The van der Waals surface area contributed by atoms with E-state index in [0.717, 1.165) is 47.7 Å². The Morgan fingerprint density at radius 1 is 0.970 bits per heavy atom. The van der Waals surface area contributed by atoms with Gasteiger partial charge >= 0.3 is 0 Å². The molecule has 0 spiro atoms. The Morgan fingerprint density at radius 2 is 1.70 bits per heavy atom. The fourth-order valence-corrected chi connectivity index (χ4v) is 5.18. The maximum absolute atomic E-state index is 13.5. The largest absolute Gasteiger partial charge is 0.311 e. The van der Waals surface area contributed by atoms with Gasteiger partial charge in [0.2, 0.25) is 5.91 Å². The number of fused-ring (bicyclic) bond motifs is 1. The predicted molar refractivity (Wildman–Crippen MR) is 132 cm³/mol. The summed E-state index contributed by atoms with van der Waals surface area (Å²) in [5, 5.41) is 9.40. The number of rotatable bonds is 5. The number of pyridine rings is 1. The molecule has 33 heavy (non-hydrogen) atoms. The highest BCUT2D eigenvalue weighted by molar-refractivity contribution is 8.00. The molecule has 3 heterocycles. The third kappa shape index (κ3) is 4.16. The first-order chi connectivity index (χ1) is 16.1. The van der Waals surface area contributed by atoms with Crippen LogP contribution in [-0.4, -0.2) is 37.5 Å². The van der Waals surface area contributed by atoms with Gasteiger partial charge in [0.25, 0.3) is 0 Å². The lowest BCUT2D eigenvalue weighted by Crippen LogP contribution is -2.40. The minimum absolute atomic E-state index is 0.0944. The van der Waals surface area contributed by atoms with Crippen LogP contribution < -0.4 is 4.90 Å². The Kier molecular flexibility index (Phi) is 5.96. The zero-order chi connectivity index (χ0) is 22.8. The molecule has 0 fully saturated rings. The van der Waals surface area contributed by atoms with Crippen LogP contribution in [0.2, 0.25) is 0 Å². The van der Waals surface area contributed by atoms with Crippen molar-refractivity contribution in [3.63, 3.8) is 0 Å². The molecule has 1 atom stereocenters. The van der Waals surface area contributed by atoms with E-state index >= 15 is 0 Å². The van der Waals surface area contributed by atoms with E-state index in [4.69, 9.17) is 0 Å². The molecular weight excluding hydrogens is 430 g/mol. The molecular formula is C26H25N5OS. The minimum Gasteiger partial charge on any atom is -0.311 e. The Labute approximate surface area is 197 Å². The highest BCUT2D eigenvalue weighted by Crippen LogP contribution is 2.34. The SMILES string of the molecule is Cc1ccccc1-n1c(SC(C)C(=O)N2CCCc3ccccc32)nnc1-c1ccncc1. The van der Waals surface area contributed by atoms with Crippen LogP contribution in [0.3, 0.4) is 0 Å². The monoisotopic (exact) mass is 455 g/mol. The number of hydrogen-bond donors (Lipinski definition) is 0. The second kappa shape index (κ2) is 9.19. The van der Waals surface area contributed by atoms with Crippen LogP contribution in [0, 0.1) is 6.92 Å². The van der Waals surface area contributed by atoms with Crippen LogP contribution in [-0.2, 0) is 11.2 Å². The maximum atomic E-state index is 13.5. The summed E-state index contributed by atoms with van der Waals surface area (Å²) in [7, 11) is 0. The molecule has 0 saturated heterocycles. The van der Waals surface area contributed by atoms with Crippen molar-refractivity contribution in [2.45, 2.75) is 37.1 Å². The van der Waals surface area contributed by atoms with E-state index in [2.05, 4.69) is 40.3 Å². The molecule has 1 unspecified atom stereocenters. The average Bonchev–Trinajstić information content (AvgIpc) is 3.27. The summed E-state index contributed by atoms with van der Waals surface area (Å²) in [5.74, 6) is 0.828. The number of aromatic nitrogens is 4. The summed E-state index contributed by atoms with van der Waals surface area (Å²) in [4.78, 5) is 19.5. The van der Waals surface area contributed by atoms with Crippen molar-refractivity contribution in [1.82, 2.24) is 19.7 Å². The number of para-hydroxylation sites is 2. The molecule has 4 aromatic rings. The first-order valence-electron chi connectivity index (χ1n) is 11.1. The van der Waals surface area contributed by atoms with E-state index in [9.17, 15) is 4.79 Å². The average molecular weight is 456 g/mol. The molecule has 1 aliphatic heterocycles. The Balaban J connectivity index is 1.50. The number of benzene rings is 2. The van der Waals surface area contributed by atoms with Gasteiger partial charge in [-0.1, -0.05) is 48.2 Å². The molecule has 0 saturated carbocycles. The zero-order valence-electron chi connectivity index (χ0n) is 18.7. The smallest absolute Gasteiger partial charge is 0.240 e. The zero-order valence-corrected chi connectivity index (χ0v) is 19.5. The Morgan fingerprint density at radius 3 is 2.48 bits per heavy atom. The number of anilines is 1. The molecule has 166 valence electrons. The van der Waals surface area contributed by atoms with Crippen molar-refractivity contribution in [3.05, 3.63) is 84.2 Å². The lowest BCUT2D eigenvalue weighted by atomic mass is 10.0. The number of nitrogens with zero attached hydrogens (tertiary/aromatic N) is 5. The number of carbonyl (C=O) groups excluding carboxylic acids is 1. The molecule has 2 aromatic carbocycles. The fraction of sp³-hybridized carbons (Fsp3) is 0.231. The van der Waals surface area contributed by atoms with Crippen LogP contribution in [0.15, 0.2) is 78.2 Å². The van der Waals surface area contributed by atoms with E-state index < -0.39 is 0 Å². The van der Waals surface area contributed by atoms with Gasteiger partial charge in [0.1, 0.15) is 0 Å². The molecule has 0 aliphatic carbocycles. The van der Waals surface area contributed by atoms with Crippen LogP contribution >= 0.6 is 11.8 Å². The molecule has 7 heteroatoms. The normalized spacial score (nSPS) is 14.1. The quantitative estimate of drug-likeness (QED) is 0.392. The summed E-state index contributed by atoms with van der Waals surface area (Å²) < 4.78 is 2.04. The molecule has 2 aromatic heterocycles. The predicted octanol–water partition coefficient (Wildman–Crippen LogP) is 5.10. The van der Waals surface area contributed by atoms with Gasteiger partial charge in [-0.15, -0.1) is 10.2 Å². The fourth-order valence-electron chi connectivity index (χ4n) is 4.26. The van der Waals surface area contributed by atoms with Gasteiger partial charge in [-0.05, 0) is 62.1 Å². The second-order valence-electron chi connectivity index (χ2n) is 8.15.